The molecule has 0 fully saturated rings. The molecule has 92 valence electrons. The Kier molecular flexibility index (Phi) is 3.33. The number of esters is 1. The molecule has 0 unspecified atom stereocenters. The average Bonchev–Trinajstić information content (AvgIpc) is 2.68. The smallest absolute Gasteiger partial charge is 0.355 e. The van der Waals surface area contributed by atoms with E-state index in [2.05, 4.69) is 5.92 Å². The van der Waals surface area contributed by atoms with Crippen molar-refractivity contribution in [1.29, 1.82) is 0 Å². The molecule has 0 saturated heterocycles. The number of fused-ring (bicyclic) bond motifs is 1. The lowest BCUT2D eigenvalue weighted by molar-refractivity contribution is 0.0515. The Balaban J connectivity index is 2.61. The van der Waals surface area contributed by atoms with E-state index in [1.807, 2.05) is 0 Å². The molecular formula is C14H12FNO2. The van der Waals surface area contributed by atoms with Gasteiger partial charge < -0.3 is 9.30 Å². The van der Waals surface area contributed by atoms with E-state index in [1.54, 1.807) is 23.6 Å². The molecule has 0 aliphatic rings. The lowest BCUT2D eigenvalue weighted by Gasteiger charge is -2.06. The topological polar surface area (TPSA) is 31.2 Å². The number of rotatable bonds is 3. The van der Waals surface area contributed by atoms with Gasteiger partial charge in [-0.15, -0.1) is 6.42 Å². The molecule has 0 atom stereocenters. The quantitative estimate of drug-likeness (QED) is 0.614. The van der Waals surface area contributed by atoms with E-state index < -0.39 is 5.97 Å². The molecule has 0 aliphatic carbocycles. The highest BCUT2D eigenvalue weighted by Crippen LogP contribution is 2.21. The third-order valence-corrected chi connectivity index (χ3v) is 2.60. The summed E-state index contributed by atoms with van der Waals surface area (Å²) in [5.41, 5.74) is 1.06. The number of hydrogen-bond donors (Lipinski definition) is 0. The highest BCUT2D eigenvalue weighted by molar-refractivity contribution is 5.95. The first-order valence-electron chi connectivity index (χ1n) is 5.56. The first kappa shape index (κ1) is 12.2. The molecule has 1 aromatic heterocycles. The Morgan fingerprint density at radius 1 is 1.50 bits per heavy atom. The van der Waals surface area contributed by atoms with E-state index in [4.69, 9.17) is 11.2 Å². The summed E-state index contributed by atoms with van der Waals surface area (Å²) in [4.78, 5) is 11.8. The van der Waals surface area contributed by atoms with Crippen molar-refractivity contribution in [2.75, 3.05) is 6.61 Å². The zero-order valence-corrected chi connectivity index (χ0v) is 9.94. The fraction of sp³-hybridized carbons (Fsp3) is 0.214. The summed E-state index contributed by atoms with van der Waals surface area (Å²) in [6.45, 7) is 2.25. The third-order valence-electron chi connectivity index (χ3n) is 2.60. The molecular weight excluding hydrogens is 233 g/mol. The summed E-state index contributed by atoms with van der Waals surface area (Å²) < 4.78 is 19.7. The van der Waals surface area contributed by atoms with Crippen molar-refractivity contribution in [2.24, 2.45) is 0 Å². The summed E-state index contributed by atoms with van der Waals surface area (Å²) in [5.74, 6) is 1.67. The Bertz CT molecular complexity index is 637. The van der Waals surface area contributed by atoms with Crippen LogP contribution in [0.15, 0.2) is 24.3 Å². The van der Waals surface area contributed by atoms with Crippen molar-refractivity contribution in [2.45, 2.75) is 13.5 Å². The lowest BCUT2D eigenvalue weighted by atomic mass is 10.2. The number of ether oxygens (including phenoxy) is 1. The summed E-state index contributed by atoms with van der Waals surface area (Å²) in [6, 6.07) is 5.90. The summed E-state index contributed by atoms with van der Waals surface area (Å²) >= 11 is 0. The molecule has 0 saturated carbocycles. The molecule has 0 N–H and O–H groups in total. The first-order valence-corrected chi connectivity index (χ1v) is 5.56. The minimum atomic E-state index is -0.454. The van der Waals surface area contributed by atoms with Crippen LogP contribution in [0.1, 0.15) is 17.4 Å². The van der Waals surface area contributed by atoms with Gasteiger partial charge in [0.05, 0.1) is 13.2 Å². The lowest BCUT2D eigenvalue weighted by Crippen LogP contribution is -2.11. The van der Waals surface area contributed by atoms with Gasteiger partial charge in [-0.25, -0.2) is 9.18 Å². The zero-order chi connectivity index (χ0) is 13.1. The normalized spacial score (nSPS) is 10.3. The largest absolute Gasteiger partial charge is 0.461 e. The minimum Gasteiger partial charge on any atom is -0.461 e. The van der Waals surface area contributed by atoms with Crippen LogP contribution >= 0.6 is 0 Å². The summed E-state index contributed by atoms with van der Waals surface area (Å²) in [7, 11) is 0. The van der Waals surface area contributed by atoms with Gasteiger partial charge in [-0.1, -0.05) is 5.92 Å². The average molecular weight is 245 g/mol. The number of aromatic nitrogens is 1. The van der Waals surface area contributed by atoms with Crippen LogP contribution < -0.4 is 0 Å². The van der Waals surface area contributed by atoms with Gasteiger partial charge in [0, 0.05) is 10.9 Å². The monoisotopic (exact) mass is 245 g/mol. The van der Waals surface area contributed by atoms with Gasteiger partial charge in [0.1, 0.15) is 11.5 Å². The predicted octanol–water partition coefficient (Wildman–Crippen LogP) is 2.59. The van der Waals surface area contributed by atoms with Gasteiger partial charge in [-0.2, -0.15) is 0 Å². The minimum absolute atomic E-state index is 0.239. The number of carbonyl (C=O) groups is 1. The molecule has 4 heteroatoms. The number of terminal acetylenes is 1. The Morgan fingerprint density at radius 3 is 2.94 bits per heavy atom. The number of hydrogen-bond acceptors (Lipinski definition) is 2. The second-order valence-electron chi connectivity index (χ2n) is 3.74. The van der Waals surface area contributed by atoms with E-state index in [0.29, 0.717) is 11.1 Å². The molecule has 0 bridgehead atoms. The maximum absolute atomic E-state index is 13.1. The molecule has 18 heavy (non-hydrogen) atoms. The maximum atomic E-state index is 13.1. The fourth-order valence-electron chi connectivity index (χ4n) is 1.88. The first-order chi connectivity index (χ1) is 8.67. The van der Waals surface area contributed by atoms with Crippen molar-refractivity contribution in [3.8, 4) is 12.3 Å². The highest BCUT2D eigenvalue weighted by Gasteiger charge is 2.16. The molecule has 2 rings (SSSR count). The fourth-order valence-corrected chi connectivity index (χ4v) is 1.88. The SMILES string of the molecule is C#CCn1c(C(=O)OCC)cc2cc(F)ccc21. The van der Waals surface area contributed by atoms with Crippen LogP contribution in [0.2, 0.25) is 0 Å². The summed E-state index contributed by atoms with van der Waals surface area (Å²) in [5, 5.41) is 0.633. The molecule has 0 aliphatic heterocycles. The van der Waals surface area contributed by atoms with E-state index in [1.165, 1.54) is 12.1 Å². The van der Waals surface area contributed by atoms with Gasteiger partial charge >= 0.3 is 5.97 Å². The molecule has 0 radical (unpaired) electrons. The van der Waals surface area contributed by atoms with Crippen LogP contribution in [0.4, 0.5) is 4.39 Å². The Morgan fingerprint density at radius 2 is 2.28 bits per heavy atom. The second kappa shape index (κ2) is 4.92. The zero-order valence-electron chi connectivity index (χ0n) is 9.94. The molecule has 2 aromatic rings. The Hall–Kier alpha value is -2.28. The van der Waals surface area contributed by atoms with Gasteiger partial charge in [-0.3, -0.25) is 0 Å². The molecule has 1 aromatic carbocycles. The number of carbonyl (C=O) groups excluding carboxylic acids is 1. The van der Waals surface area contributed by atoms with Crippen LogP contribution in [0.25, 0.3) is 10.9 Å². The number of halogens is 1. The third kappa shape index (κ3) is 2.07. The van der Waals surface area contributed by atoms with Gasteiger partial charge in [0.25, 0.3) is 0 Å². The van der Waals surface area contributed by atoms with E-state index in [9.17, 15) is 9.18 Å². The van der Waals surface area contributed by atoms with Gasteiger partial charge in [0.2, 0.25) is 0 Å². The molecule has 0 spiro atoms. The van der Waals surface area contributed by atoms with Crippen LogP contribution in [0, 0.1) is 18.2 Å². The van der Waals surface area contributed by atoms with Crippen molar-refractivity contribution < 1.29 is 13.9 Å². The maximum Gasteiger partial charge on any atom is 0.355 e. The standard InChI is InChI=1S/C14H12FNO2/c1-3-7-16-12-6-5-11(15)8-10(12)9-13(16)14(17)18-4-2/h1,5-6,8-9H,4,7H2,2H3. The highest BCUT2D eigenvalue weighted by atomic mass is 19.1. The van der Waals surface area contributed by atoms with E-state index in [0.717, 1.165) is 5.52 Å². The molecule has 1 heterocycles. The number of benzene rings is 1. The van der Waals surface area contributed by atoms with Crippen LogP contribution in [0.5, 0.6) is 0 Å². The van der Waals surface area contributed by atoms with E-state index >= 15 is 0 Å². The second-order valence-corrected chi connectivity index (χ2v) is 3.74. The van der Waals surface area contributed by atoms with Crippen molar-refractivity contribution in [3.63, 3.8) is 0 Å². The predicted molar refractivity (Wildman–Crippen MR) is 66.7 cm³/mol. The van der Waals surface area contributed by atoms with Gasteiger partial charge in [-0.05, 0) is 31.2 Å². The van der Waals surface area contributed by atoms with Crippen molar-refractivity contribution in [1.82, 2.24) is 4.57 Å². The van der Waals surface area contributed by atoms with Crippen LogP contribution in [-0.4, -0.2) is 17.1 Å². The van der Waals surface area contributed by atoms with Gasteiger partial charge in [0.15, 0.2) is 0 Å². The van der Waals surface area contributed by atoms with Crippen LogP contribution in [-0.2, 0) is 11.3 Å². The number of nitrogens with zero attached hydrogens (tertiary/aromatic N) is 1. The van der Waals surface area contributed by atoms with Crippen molar-refractivity contribution >= 4 is 16.9 Å². The Labute approximate surface area is 104 Å². The van der Waals surface area contributed by atoms with E-state index in [-0.39, 0.29) is 19.0 Å². The van der Waals surface area contributed by atoms with Crippen molar-refractivity contribution in [3.05, 3.63) is 35.8 Å². The summed E-state index contributed by atoms with van der Waals surface area (Å²) in [6.07, 6.45) is 5.29. The molecule has 0 amide bonds. The molecule has 3 nitrogen and oxygen atoms in total. The van der Waals surface area contributed by atoms with Crippen LogP contribution in [0.3, 0.4) is 0 Å².